The summed E-state index contributed by atoms with van der Waals surface area (Å²) >= 11 is 0. The maximum Gasteiger partial charge on any atom is 0.0254 e. The van der Waals surface area contributed by atoms with Gasteiger partial charge in [0, 0.05) is 18.1 Å². The molecular formula is C14H31N3. The minimum atomic E-state index is -0.0224. The fraction of sp³-hybridized carbons (Fsp3) is 1.00. The molecule has 1 saturated heterocycles. The first-order valence-corrected chi connectivity index (χ1v) is 7.20. The Balaban J connectivity index is 2.36. The predicted octanol–water partition coefficient (Wildman–Crippen LogP) is 1.92. The highest BCUT2D eigenvalue weighted by Gasteiger charge is 2.26. The van der Waals surface area contributed by atoms with Gasteiger partial charge in [0.1, 0.15) is 0 Å². The molecule has 17 heavy (non-hydrogen) atoms. The van der Waals surface area contributed by atoms with E-state index in [9.17, 15) is 0 Å². The zero-order valence-corrected chi connectivity index (χ0v) is 12.2. The molecule has 1 rings (SSSR count). The van der Waals surface area contributed by atoms with Crippen LogP contribution in [-0.2, 0) is 0 Å². The van der Waals surface area contributed by atoms with Crippen LogP contribution in [0.4, 0.5) is 0 Å². The van der Waals surface area contributed by atoms with Crippen molar-refractivity contribution in [2.24, 2.45) is 5.73 Å². The van der Waals surface area contributed by atoms with Crippen molar-refractivity contribution in [3.63, 3.8) is 0 Å². The van der Waals surface area contributed by atoms with Crippen molar-refractivity contribution in [3.05, 3.63) is 0 Å². The van der Waals surface area contributed by atoms with Crippen LogP contribution in [0.25, 0.3) is 0 Å². The Morgan fingerprint density at radius 3 is 2.35 bits per heavy atom. The molecule has 1 fully saturated rings. The molecule has 102 valence electrons. The number of likely N-dealkylation sites (tertiary alicyclic amines) is 1. The van der Waals surface area contributed by atoms with Gasteiger partial charge in [0.05, 0.1) is 0 Å². The maximum absolute atomic E-state index is 6.34. The van der Waals surface area contributed by atoms with Gasteiger partial charge in [-0.05, 0) is 52.9 Å². The van der Waals surface area contributed by atoms with Crippen LogP contribution in [0.5, 0.6) is 0 Å². The second kappa shape index (κ2) is 6.72. The van der Waals surface area contributed by atoms with E-state index >= 15 is 0 Å². The fourth-order valence-electron chi connectivity index (χ4n) is 3.03. The molecule has 0 aliphatic carbocycles. The molecule has 0 aromatic carbocycles. The van der Waals surface area contributed by atoms with Gasteiger partial charge in [0.2, 0.25) is 0 Å². The SMILES string of the molecule is CCCC(C)(N)CN(C)C1CCN(CC)CC1. The lowest BCUT2D eigenvalue weighted by Gasteiger charge is -2.39. The Morgan fingerprint density at radius 1 is 1.29 bits per heavy atom. The molecule has 1 heterocycles. The van der Waals surface area contributed by atoms with Gasteiger partial charge in [0.15, 0.2) is 0 Å². The highest BCUT2D eigenvalue weighted by molar-refractivity contribution is 4.86. The number of piperidine rings is 1. The monoisotopic (exact) mass is 241 g/mol. The number of nitrogens with two attached hydrogens (primary N) is 1. The van der Waals surface area contributed by atoms with Crippen LogP contribution in [0.1, 0.15) is 46.5 Å². The van der Waals surface area contributed by atoms with Gasteiger partial charge in [0.25, 0.3) is 0 Å². The Morgan fingerprint density at radius 2 is 1.88 bits per heavy atom. The third-order valence-electron chi connectivity index (χ3n) is 4.06. The van der Waals surface area contributed by atoms with Crippen molar-refractivity contribution in [1.29, 1.82) is 0 Å². The zero-order chi connectivity index (χ0) is 12.9. The van der Waals surface area contributed by atoms with Crippen LogP contribution in [0, 0.1) is 0 Å². The van der Waals surface area contributed by atoms with E-state index in [2.05, 4.69) is 37.6 Å². The van der Waals surface area contributed by atoms with E-state index in [1.807, 2.05) is 0 Å². The summed E-state index contributed by atoms with van der Waals surface area (Å²) in [5, 5.41) is 0. The van der Waals surface area contributed by atoms with Gasteiger partial charge >= 0.3 is 0 Å². The van der Waals surface area contributed by atoms with Gasteiger partial charge in [-0.2, -0.15) is 0 Å². The average Bonchev–Trinajstić information content (AvgIpc) is 2.28. The van der Waals surface area contributed by atoms with Crippen molar-refractivity contribution in [2.45, 2.75) is 58.0 Å². The van der Waals surface area contributed by atoms with Gasteiger partial charge in [-0.1, -0.05) is 20.3 Å². The number of nitrogens with zero attached hydrogens (tertiary/aromatic N) is 2. The molecule has 2 N–H and O–H groups in total. The Labute approximate surface area is 107 Å². The normalized spacial score (nSPS) is 22.9. The predicted molar refractivity (Wildman–Crippen MR) is 75.3 cm³/mol. The van der Waals surface area contributed by atoms with Gasteiger partial charge in [-0.25, -0.2) is 0 Å². The number of likely N-dealkylation sites (N-methyl/N-ethyl adjacent to an activating group) is 1. The van der Waals surface area contributed by atoms with Crippen molar-refractivity contribution < 1.29 is 0 Å². The van der Waals surface area contributed by atoms with Crippen molar-refractivity contribution in [3.8, 4) is 0 Å². The first-order valence-electron chi connectivity index (χ1n) is 7.20. The number of hydrogen-bond acceptors (Lipinski definition) is 3. The molecule has 1 atom stereocenters. The van der Waals surface area contributed by atoms with Crippen molar-refractivity contribution in [1.82, 2.24) is 9.80 Å². The van der Waals surface area contributed by atoms with Crippen molar-refractivity contribution in [2.75, 3.05) is 33.2 Å². The summed E-state index contributed by atoms with van der Waals surface area (Å²) in [6.45, 7) is 11.4. The highest BCUT2D eigenvalue weighted by atomic mass is 15.2. The standard InChI is InChI=1S/C14H31N3/c1-5-9-14(3,15)12-16(4)13-7-10-17(6-2)11-8-13/h13H,5-12,15H2,1-4H3. The molecule has 1 unspecified atom stereocenters. The Bertz CT molecular complexity index is 208. The van der Waals surface area contributed by atoms with Crippen LogP contribution in [0.2, 0.25) is 0 Å². The van der Waals surface area contributed by atoms with E-state index in [-0.39, 0.29) is 5.54 Å². The highest BCUT2D eigenvalue weighted by Crippen LogP contribution is 2.18. The second-order valence-electron chi connectivity index (χ2n) is 5.98. The maximum atomic E-state index is 6.34. The summed E-state index contributed by atoms with van der Waals surface area (Å²) in [6, 6.07) is 0.734. The third-order valence-corrected chi connectivity index (χ3v) is 4.06. The molecule has 3 heteroatoms. The Hall–Kier alpha value is -0.120. The van der Waals surface area contributed by atoms with Gasteiger partial charge in [-0.15, -0.1) is 0 Å². The summed E-state index contributed by atoms with van der Waals surface area (Å²) in [4.78, 5) is 5.03. The zero-order valence-electron chi connectivity index (χ0n) is 12.2. The fourth-order valence-corrected chi connectivity index (χ4v) is 3.03. The molecule has 0 radical (unpaired) electrons. The molecule has 1 aliphatic heterocycles. The van der Waals surface area contributed by atoms with E-state index in [4.69, 9.17) is 5.73 Å². The van der Waals surface area contributed by atoms with E-state index in [0.29, 0.717) is 0 Å². The van der Waals surface area contributed by atoms with E-state index in [1.54, 1.807) is 0 Å². The smallest absolute Gasteiger partial charge is 0.0254 e. The summed E-state index contributed by atoms with van der Waals surface area (Å²) in [5.74, 6) is 0. The number of hydrogen-bond donors (Lipinski definition) is 1. The molecule has 0 bridgehead atoms. The van der Waals surface area contributed by atoms with Crippen molar-refractivity contribution >= 4 is 0 Å². The van der Waals surface area contributed by atoms with E-state index < -0.39 is 0 Å². The number of rotatable bonds is 6. The minimum Gasteiger partial charge on any atom is -0.324 e. The second-order valence-corrected chi connectivity index (χ2v) is 5.98. The first kappa shape index (κ1) is 14.9. The molecule has 0 aromatic rings. The molecule has 0 amide bonds. The molecule has 3 nitrogen and oxygen atoms in total. The summed E-state index contributed by atoms with van der Waals surface area (Å²) < 4.78 is 0. The third kappa shape index (κ3) is 4.94. The van der Waals surface area contributed by atoms with Crippen LogP contribution < -0.4 is 5.73 Å². The first-order chi connectivity index (χ1) is 7.98. The topological polar surface area (TPSA) is 32.5 Å². The quantitative estimate of drug-likeness (QED) is 0.771. The van der Waals surface area contributed by atoms with Gasteiger partial charge < -0.3 is 15.5 Å². The van der Waals surface area contributed by atoms with E-state index in [1.165, 1.54) is 38.9 Å². The summed E-state index contributed by atoms with van der Waals surface area (Å²) in [6.07, 6.45) is 4.89. The van der Waals surface area contributed by atoms with Crippen LogP contribution in [0.15, 0.2) is 0 Å². The van der Waals surface area contributed by atoms with E-state index in [0.717, 1.165) is 19.0 Å². The van der Waals surface area contributed by atoms with Crippen LogP contribution in [0.3, 0.4) is 0 Å². The lowest BCUT2D eigenvalue weighted by molar-refractivity contribution is 0.112. The molecule has 0 saturated carbocycles. The molecule has 0 spiro atoms. The summed E-state index contributed by atoms with van der Waals surface area (Å²) in [5.41, 5.74) is 6.31. The molecular weight excluding hydrogens is 210 g/mol. The van der Waals surface area contributed by atoms with Crippen LogP contribution >= 0.6 is 0 Å². The lowest BCUT2D eigenvalue weighted by atomic mass is 9.95. The average molecular weight is 241 g/mol. The van der Waals surface area contributed by atoms with Crippen LogP contribution in [-0.4, -0.2) is 54.6 Å². The minimum absolute atomic E-state index is 0.0224. The van der Waals surface area contributed by atoms with Gasteiger partial charge in [-0.3, -0.25) is 0 Å². The summed E-state index contributed by atoms with van der Waals surface area (Å²) in [7, 11) is 2.24. The molecule has 0 aromatic heterocycles. The largest absolute Gasteiger partial charge is 0.324 e. The lowest BCUT2D eigenvalue weighted by Crippen LogP contribution is -2.51. The Kier molecular flexibility index (Phi) is 5.90. The molecule has 1 aliphatic rings.